The van der Waals surface area contributed by atoms with Crippen LogP contribution in [-0.2, 0) is 24.0 Å². The highest BCUT2D eigenvalue weighted by atomic mass is 16.4. The first-order valence-corrected chi connectivity index (χ1v) is 7.87. The summed E-state index contributed by atoms with van der Waals surface area (Å²) in [5.74, 6) is -5.15. The molecule has 26 heavy (non-hydrogen) atoms. The number of nitrogens with zero attached hydrogens (tertiary/aromatic N) is 1. The summed E-state index contributed by atoms with van der Waals surface area (Å²) in [6.07, 6.45) is -0.0459. The lowest BCUT2D eigenvalue weighted by molar-refractivity contribution is -0.150. The third-order valence-electron chi connectivity index (χ3n) is 3.83. The van der Waals surface area contributed by atoms with Gasteiger partial charge in [0.15, 0.2) is 0 Å². The van der Waals surface area contributed by atoms with Crippen molar-refractivity contribution in [1.82, 2.24) is 15.5 Å². The SMILES string of the molecule is NCC(=O)NC(CC(=O)O)C(=O)NC(CO)C(=O)N1CCCC1C(=O)O. The Hall–Kier alpha value is -2.73. The van der Waals surface area contributed by atoms with E-state index in [0.29, 0.717) is 6.42 Å². The Bertz CT molecular complexity index is 581. The molecular weight excluding hydrogens is 352 g/mol. The normalized spacial score (nSPS) is 18.7. The van der Waals surface area contributed by atoms with Crippen molar-refractivity contribution in [3.63, 3.8) is 0 Å². The number of likely N-dealkylation sites (tertiary alicyclic amines) is 1. The van der Waals surface area contributed by atoms with Crippen LogP contribution >= 0.6 is 0 Å². The standard InChI is InChI=1S/C14H22N4O8/c15-5-10(20)16-7(4-11(21)22)12(23)17-8(6-19)13(24)18-3-1-2-9(18)14(25)26/h7-9,19H,1-6,15H2,(H,16,20)(H,17,23)(H,21,22)(H,25,26). The summed E-state index contributed by atoms with van der Waals surface area (Å²) in [4.78, 5) is 59.0. The Labute approximate surface area is 148 Å². The number of nitrogens with two attached hydrogens (primary N) is 1. The highest BCUT2D eigenvalue weighted by Crippen LogP contribution is 2.18. The Morgan fingerprint density at radius 1 is 1.12 bits per heavy atom. The van der Waals surface area contributed by atoms with E-state index >= 15 is 0 Å². The van der Waals surface area contributed by atoms with Gasteiger partial charge in [0.2, 0.25) is 17.7 Å². The first-order valence-electron chi connectivity index (χ1n) is 7.87. The van der Waals surface area contributed by atoms with Crippen LogP contribution in [-0.4, -0.2) is 87.7 Å². The van der Waals surface area contributed by atoms with E-state index in [1.54, 1.807) is 0 Å². The van der Waals surface area contributed by atoms with Gasteiger partial charge < -0.3 is 36.6 Å². The topological polar surface area (TPSA) is 199 Å². The number of aliphatic carboxylic acids is 2. The van der Waals surface area contributed by atoms with E-state index in [9.17, 15) is 29.1 Å². The molecule has 3 atom stereocenters. The Morgan fingerprint density at radius 2 is 1.77 bits per heavy atom. The second-order valence-corrected chi connectivity index (χ2v) is 5.69. The van der Waals surface area contributed by atoms with Crippen LogP contribution in [0, 0.1) is 0 Å². The Balaban J connectivity index is 2.83. The molecule has 3 amide bonds. The van der Waals surface area contributed by atoms with Crippen LogP contribution < -0.4 is 16.4 Å². The van der Waals surface area contributed by atoms with Gasteiger partial charge in [-0.15, -0.1) is 0 Å². The average molecular weight is 374 g/mol. The summed E-state index contributed by atoms with van der Waals surface area (Å²) in [6, 6.07) is -4.02. The molecule has 0 radical (unpaired) electrons. The minimum absolute atomic E-state index is 0.157. The second-order valence-electron chi connectivity index (χ2n) is 5.69. The second kappa shape index (κ2) is 9.68. The van der Waals surface area contributed by atoms with Gasteiger partial charge in [0.05, 0.1) is 19.6 Å². The molecule has 1 fully saturated rings. The molecule has 1 saturated heterocycles. The monoisotopic (exact) mass is 374 g/mol. The van der Waals surface area contributed by atoms with Crippen LogP contribution in [0.15, 0.2) is 0 Å². The lowest BCUT2D eigenvalue weighted by Crippen LogP contribution is -2.57. The van der Waals surface area contributed by atoms with Gasteiger partial charge in [-0.25, -0.2) is 4.79 Å². The van der Waals surface area contributed by atoms with Crippen molar-refractivity contribution in [2.24, 2.45) is 5.73 Å². The maximum absolute atomic E-state index is 12.4. The predicted molar refractivity (Wildman–Crippen MR) is 84.6 cm³/mol. The van der Waals surface area contributed by atoms with Gasteiger partial charge in [0, 0.05) is 6.54 Å². The summed E-state index contributed by atoms with van der Waals surface area (Å²) >= 11 is 0. The number of hydrogen-bond acceptors (Lipinski definition) is 7. The zero-order chi connectivity index (χ0) is 19.9. The fraction of sp³-hybridized carbons (Fsp3) is 0.643. The van der Waals surface area contributed by atoms with Crippen molar-refractivity contribution < 1.29 is 39.3 Å². The molecule has 1 aliphatic rings. The van der Waals surface area contributed by atoms with Gasteiger partial charge in [-0.1, -0.05) is 0 Å². The molecule has 0 bridgehead atoms. The molecule has 1 aliphatic heterocycles. The molecular formula is C14H22N4O8. The fourth-order valence-electron chi connectivity index (χ4n) is 2.58. The number of amides is 3. The van der Waals surface area contributed by atoms with Gasteiger partial charge in [-0.3, -0.25) is 19.2 Å². The molecule has 12 nitrogen and oxygen atoms in total. The lowest BCUT2D eigenvalue weighted by atomic mass is 10.1. The molecule has 0 aromatic carbocycles. The quantitative estimate of drug-likeness (QED) is 0.236. The first kappa shape index (κ1) is 21.3. The van der Waals surface area contributed by atoms with Gasteiger partial charge in [-0.2, -0.15) is 0 Å². The molecule has 1 heterocycles. The molecule has 0 aromatic rings. The van der Waals surface area contributed by atoms with E-state index in [1.165, 1.54) is 0 Å². The van der Waals surface area contributed by atoms with Crippen LogP contribution in [0.2, 0.25) is 0 Å². The van der Waals surface area contributed by atoms with E-state index in [4.69, 9.17) is 15.9 Å². The van der Waals surface area contributed by atoms with Gasteiger partial charge in [0.25, 0.3) is 0 Å². The Kier molecular flexibility index (Phi) is 7.93. The van der Waals surface area contributed by atoms with E-state index in [-0.39, 0.29) is 13.0 Å². The molecule has 12 heteroatoms. The first-order chi connectivity index (χ1) is 12.2. The number of hydrogen-bond donors (Lipinski definition) is 6. The summed E-state index contributed by atoms with van der Waals surface area (Å²) in [5, 5.41) is 31.6. The van der Waals surface area contributed by atoms with E-state index in [2.05, 4.69) is 10.6 Å². The summed E-state index contributed by atoms with van der Waals surface area (Å²) in [6.45, 7) is -1.14. The maximum Gasteiger partial charge on any atom is 0.326 e. The minimum atomic E-state index is -1.50. The van der Waals surface area contributed by atoms with Crippen LogP contribution in [0.5, 0.6) is 0 Å². The highest BCUT2D eigenvalue weighted by molar-refractivity contribution is 5.95. The maximum atomic E-state index is 12.4. The number of rotatable bonds is 9. The fourth-order valence-corrected chi connectivity index (χ4v) is 2.58. The Morgan fingerprint density at radius 3 is 2.27 bits per heavy atom. The number of carboxylic acid groups (broad SMARTS) is 2. The lowest BCUT2D eigenvalue weighted by Gasteiger charge is -2.27. The number of carboxylic acids is 2. The van der Waals surface area contributed by atoms with Crippen molar-refractivity contribution in [2.75, 3.05) is 19.7 Å². The van der Waals surface area contributed by atoms with E-state index < -0.39 is 67.4 Å². The third kappa shape index (κ3) is 5.67. The summed E-state index contributed by atoms with van der Waals surface area (Å²) in [5.41, 5.74) is 5.11. The summed E-state index contributed by atoms with van der Waals surface area (Å²) < 4.78 is 0. The molecule has 3 unspecified atom stereocenters. The van der Waals surface area contributed by atoms with Crippen molar-refractivity contribution in [1.29, 1.82) is 0 Å². The molecule has 0 saturated carbocycles. The molecule has 146 valence electrons. The van der Waals surface area contributed by atoms with Crippen LogP contribution in [0.4, 0.5) is 0 Å². The van der Waals surface area contributed by atoms with Crippen molar-refractivity contribution in [2.45, 2.75) is 37.4 Å². The number of aliphatic hydroxyl groups is 1. The molecule has 1 rings (SSSR count). The van der Waals surface area contributed by atoms with Gasteiger partial charge in [0.1, 0.15) is 18.1 Å². The van der Waals surface area contributed by atoms with Crippen LogP contribution in [0.3, 0.4) is 0 Å². The molecule has 0 aromatic heterocycles. The predicted octanol–water partition coefficient (Wildman–Crippen LogP) is -3.54. The number of carbonyl (C=O) groups is 5. The van der Waals surface area contributed by atoms with Gasteiger partial charge in [-0.05, 0) is 12.8 Å². The minimum Gasteiger partial charge on any atom is -0.481 e. The van der Waals surface area contributed by atoms with Gasteiger partial charge >= 0.3 is 11.9 Å². The van der Waals surface area contributed by atoms with Crippen LogP contribution in [0.25, 0.3) is 0 Å². The van der Waals surface area contributed by atoms with Crippen molar-refractivity contribution >= 4 is 29.7 Å². The smallest absolute Gasteiger partial charge is 0.326 e. The van der Waals surface area contributed by atoms with Crippen molar-refractivity contribution in [3.05, 3.63) is 0 Å². The van der Waals surface area contributed by atoms with E-state index in [0.717, 1.165) is 4.90 Å². The third-order valence-corrected chi connectivity index (χ3v) is 3.83. The zero-order valence-corrected chi connectivity index (χ0v) is 13.9. The van der Waals surface area contributed by atoms with Crippen molar-refractivity contribution in [3.8, 4) is 0 Å². The molecule has 0 spiro atoms. The average Bonchev–Trinajstić information content (AvgIpc) is 3.07. The molecule has 0 aliphatic carbocycles. The number of aliphatic hydroxyl groups excluding tert-OH is 1. The highest BCUT2D eigenvalue weighted by Gasteiger charge is 2.38. The van der Waals surface area contributed by atoms with Crippen LogP contribution in [0.1, 0.15) is 19.3 Å². The summed E-state index contributed by atoms with van der Waals surface area (Å²) in [7, 11) is 0. The zero-order valence-electron chi connectivity index (χ0n) is 13.9. The number of nitrogens with one attached hydrogen (secondary N) is 2. The van der Waals surface area contributed by atoms with E-state index in [1.807, 2.05) is 0 Å². The number of carbonyl (C=O) groups excluding carboxylic acids is 3. The largest absolute Gasteiger partial charge is 0.481 e. The molecule has 7 N–H and O–H groups in total.